The molecule has 0 aromatic heterocycles. The van der Waals surface area contributed by atoms with E-state index in [1.807, 2.05) is 30.3 Å². The minimum Gasteiger partial charge on any atom is -0.369 e. The number of anilines is 1. The summed E-state index contributed by atoms with van der Waals surface area (Å²) in [5.41, 5.74) is 9.46. The third kappa shape index (κ3) is 2.65. The largest absolute Gasteiger partial charge is 0.369 e. The summed E-state index contributed by atoms with van der Waals surface area (Å²) in [6, 6.07) is 14.0. The third-order valence-electron chi connectivity index (χ3n) is 3.68. The lowest BCUT2D eigenvalue weighted by molar-refractivity contribution is 0.763. The van der Waals surface area contributed by atoms with E-state index in [1.165, 1.54) is 5.56 Å². The van der Waals surface area contributed by atoms with Gasteiger partial charge in [-0.05, 0) is 42.3 Å². The van der Waals surface area contributed by atoms with E-state index in [4.69, 9.17) is 17.3 Å². The lowest BCUT2D eigenvalue weighted by Gasteiger charge is -2.28. The molecule has 2 aromatic carbocycles. The highest BCUT2D eigenvalue weighted by molar-refractivity contribution is 9.10. The molecule has 0 aliphatic carbocycles. The molecule has 0 saturated heterocycles. The van der Waals surface area contributed by atoms with E-state index in [2.05, 4.69) is 44.9 Å². The van der Waals surface area contributed by atoms with Gasteiger partial charge in [0, 0.05) is 15.2 Å². The number of nitrogens with zero attached hydrogens (tertiary/aromatic N) is 2. The molecule has 21 heavy (non-hydrogen) atoms. The fourth-order valence-electron chi connectivity index (χ4n) is 2.63. The second kappa shape index (κ2) is 5.70. The van der Waals surface area contributed by atoms with Crippen LogP contribution in [0.5, 0.6) is 0 Å². The van der Waals surface area contributed by atoms with Gasteiger partial charge in [0.2, 0.25) is 0 Å². The first kappa shape index (κ1) is 14.4. The van der Waals surface area contributed by atoms with Crippen LogP contribution in [0.3, 0.4) is 0 Å². The highest BCUT2D eigenvalue weighted by atomic mass is 79.9. The normalized spacial score (nSPS) is 18.0. The van der Waals surface area contributed by atoms with Gasteiger partial charge >= 0.3 is 0 Å². The molecule has 0 bridgehead atoms. The fourth-order valence-corrected chi connectivity index (χ4v) is 3.32. The van der Waals surface area contributed by atoms with Crippen LogP contribution in [-0.2, 0) is 0 Å². The van der Waals surface area contributed by atoms with Crippen LogP contribution in [0, 0.1) is 6.92 Å². The Balaban J connectivity index is 2.07. The van der Waals surface area contributed by atoms with Crippen molar-refractivity contribution in [3.63, 3.8) is 0 Å². The standard InChI is InChI=1S/C16H15BrClN3/c1-10-4-2-3-5-14(10)21-15(9-20-16(21)19)12-8-11(18)6-7-13(12)17/h2-8,15H,9H2,1H3,(H2,19,20). The SMILES string of the molecule is Cc1ccccc1N1C(N)=NCC1c1cc(Cl)ccc1Br. The Bertz CT molecular complexity index is 714. The van der Waals surface area contributed by atoms with Crippen LogP contribution in [0.2, 0.25) is 5.02 Å². The van der Waals surface area contributed by atoms with Crippen LogP contribution in [0.1, 0.15) is 17.2 Å². The van der Waals surface area contributed by atoms with E-state index in [0.29, 0.717) is 17.5 Å². The van der Waals surface area contributed by atoms with Crippen molar-refractivity contribution >= 4 is 39.2 Å². The van der Waals surface area contributed by atoms with Crippen molar-refractivity contribution in [2.75, 3.05) is 11.4 Å². The summed E-state index contributed by atoms with van der Waals surface area (Å²) in [6.07, 6.45) is 0. The van der Waals surface area contributed by atoms with E-state index in [0.717, 1.165) is 15.7 Å². The molecule has 1 unspecified atom stereocenters. The van der Waals surface area contributed by atoms with E-state index in [1.54, 1.807) is 0 Å². The number of hydrogen-bond donors (Lipinski definition) is 1. The second-order valence-corrected chi connectivity index (χ2v) is 6.33. The van der Waals surface area contributed by atoms with Crippen molar-refractivity contribution in [2.45, 2.75) is 13.0 Å². The van der Waals surface area contributed by atoms with Gasteiger partial charge in [-0.1, -0.05) is 45.7 Å². The minimum atomic E-state index is 0.0548. The van der Waals surface area contributed by atoms with Crippen LogP contribution in [0.25, 0.3) is 0 Å². The number of halogens is 2. The zero-order chi connectivity index (χ0) is 15.0. The number of aliphatic imine (C=N–C) groups is 1. The number of nitrogens with two attached hydrogens (primary N) is 1. The van der Waals surface area contributed by atoms with Gasteiger partial charge in [0.05, 0.1) is 12.6 Å². The topological polar surface area (TPSA) is 41.6 Å². The number of aryl methyl sites for hydroxylation is 1. The summed E-state index contributed by atoms with van der Waals surface area (Å²) in [5, 5.41) is 0.711. The van der Waals surface area contributed by atoms with E-state index in [-0.39, 0.29) is 6.04 Å². The van der Waals surface area contributed by atoms with E-state index in [9.17, 15) is 0 Å². The first-order valence-corrected chi connectivity index (χ1v) is 7.85. The highest BCUT2D eigenvalue weighted by Crippen LogP contribution is 2.37. The van der Waals surface area contributed by atoms with Crippen LogP contribution < -0.4 is 10.6 Å². The summed E-state index contributed by atoms with van der Waals surface area (Å²) >= 11 is 9.75. The Labute approximate surface area is 137 Å². The molecule has 1 heterocycles. The summed E-state index contributed by atoms with van der Waals surface area (Å²) in [7, 11) is 0. The molecule has 2 N–H and O–H groups in total. The maximum Gasteiger partial charge on any atom is 0.196 e. The molecule has 1 aliphatic rings. The maximum atomic E-state index is 6.15. The highest BCUT2D eigenvalue weighted by Gasteiger charge is 2.31. The lowest BCUT2D eigenvalue weighted by atomic mass is 10.0. The molecule has 0 saturated carbocycles. The zero-order valence-corrected chi connectivity index (χ0v) is 13.9. The Morgan fingerprint density at radius 2 is 2.05 bits per heavy atom. The predicted octanol–water partition coefficient (Wildman–Crippen LogP) is 4.29. The average molecular weight is 365 g/mol. The molecule has 2 aromatic rings. The molecular formula is C16H15BrClN3. The Hall–Kier alpha value is -1.52. The van der Waals surface area contributed by atoms with Gasteiger partial charge in [-0.15, -0.1) is 0 Å². The van der Waals surface area contributed by atoms with Crippen molar-refractivity contribution in [1.82, 2.24) is 0 Å². The predicted molar refractivity (Wildman–Crippen MR) is 92.0 cm³/mol. The smallest absolute Gasteiger partial charge is 0.196 e. The van der Waals surface area contributed by atoms with Crippen LogP contribution in [0.4, 0.5) is 5.69 Å². The van der Waals surface area contributed by atoms with Gasteiger partial charge < -0.3 is 10.6 Å². The van der Waals surface area contributed by atoms with Crippen molar-refractivity contribution in [3.8, 4) is 0 Å². The zero-order valence-electron chi connectivity index (χ0n) is 11.6. The summed E-state index contributed by atoms with van der Waals surface area (Å²) in [4.78, 5) is 6.50. The molecule has 0 amide bonds. The molecule has 0 spiro atoms. The summed E-state index contributed by atoms with van der Waals surface area (Å²) < 4.78 is 1.01. The Morgan fingerprint density at radius 1 is 1.29 bits per heavy atom. The number of benzene rings is 2. The number of para-hydroxylation sites is 1. The van der Waals surface area contributed by atoms with Crippen LogP contribution in [0.15, 0.2) is 51.9 Å². The van der Waals surface area contributed by atoms with Crippen molar-refractivity contribution in [3.05, 3.63) is 63.1 Å². The second-order valence-electron chi connectivity index (χ2n) is 5.04. The fraction of sp³-hybridized carbons (Fsp3) is 0.188. The van der Waals surface area contributed by atoms with Crippen LogP contribution >= 0.6 is 27.5 Å². The summed E-state index contributed by atoms with van der Waals surface area (Å²) in [6.45, 7) is 2.70. The monoisotopic (exact) mass is 363 g/mol. The van der Waals surface area contributed by atoms with E-state index < -0.39 is 0 Å². The van der Waals surface area contributed by atoms with Gasteiger partial charge in [0.25, 0.3) is 0 Å². The molecule has 0 radical (unpaired) electrons. The van der Waals surface area contributed by atoms with Gasteiger partial charge in [0.15, 0.2) is 5.96 Å². The molecule has 1 atom stereocenters. The molecule has 3 rings (SSSR count). The van der Waals surface area contributed by atoms with Gasteiger partial charge in [-0.3, -0.25) is 4.99 Å². The molecule has 5 heteroatoms. The van der Waals surface area contributed by atoms with E-state index >= 15 is 0 Å². The number of rotatable bonds is 2. The Kier molecular flexibility index (Phi) is 3.91. The van der Waals surface area contributed by atoms with Crippen molar-refractivity contribution in [2.24, 2.45) is 10.7 Å². The quantitative estimate of drug-likeness (QED) is 0.864. The molecule has 108 valence electrons. The van der Waals surface area contributed by atoms with Crippen molar-refractivity contribution < 1.29 is 0 Å². The van der Waals surface area contributed by atoms with Crippen LogP contribution in [-0.4, -0.2) is 12.5 Å². The lowest BCUT2D eigenvalue weighted by Crippen LogP contribution is -2.36. The molecular weight excluding hydrogens is 350 g/mol. The maximum absolute atomic E-state index is 6.15. The molecule has 0 fully saturated rings. The molecule has 3 nitrogen and oxygen atoms in total. The van der Waals surface area contributed by atoms with Gasteiger partial charge in [-0.25, -0.2) is 0 Å². The number of hydrogen-bond acceptors (Lipinski definition) is 3. The Morgan fingerprint density at radius 3 is 2.81 bits per heavy atom. The first-order valence-electron chi connectivity index (χ1n) is 6.67. The third-order valence-corrected chi connectivity index (χ3v) is 4.63. The average Bonchev–Trinajstić information content (AvgIpc) is 2.84. The minimum absolute atomic E-state index is 0.0548. The first-order chi connectivity index (χ1) is 10.1. The van der Waals surface area contributed by atoms with Crippen molar-refractivity contribution in [1.29, 1.82) is 0 Å². The van der Waals surface area contributed by atoms with Gasteiger partial charge in [-0.2, -0.15) is 0 Å². The van der Waals surface area contributed by atoms with Gasteiger partial charge in [0.1, 0.15) is 0 Å². The molecule has 1 aliphatic heterocycles. The summed E-state index contributed by atoms with van der Waals surface area (Å²) in [5.74, 6) is 0.543. The number of guanidine groups is 1.